The Balaban J connectivity index is 1.72. The maximum Gasteiger partial charge on any atom is 0.257 e. The summed E-state index contributed by atoms with van der Waals surface area (Å²) in [5, 5.41) is 8.06. The molecule has 2 aliphatic heterocycles. The number of hydrogen-bond donors (Lipinski definition) is 1. The van der Waals surface area contributed by atoms with Crippen molar-refractivity contribution >= 4 is 5.91 Å². The summed E-state index contributed by atoms with van der Waals surface area (Å²) in [5.41, 5.74) is 2.82. The van der Waals surface area contributed by atoms with Gasteiger partial charge in [-0.2, -0.15) is 5.10 Å². The first-order valence-electron chi connectivity index (χ1n) is 10.0. The van der Waals surface area contributed by atoms with Crippen molar-refractivity contribution in [1.29, 1.82) is 0 Å². The Bertz CT molecular complexity index is 772. The molecule has 144 valence electrons. The Morgan fingerprint density at radius 2 is 1.81 bits per heavy atom. The molecule has 1 aromatic heterocycles. The van der Waals surface area contributed by atoms with Crippen LogP contribution in [0.2, 0.25) is 0 Å². The predicted octanol–water partition coefficient (Wildman–Crippen LogP) is 2.97. The van der Waals surface area contributed by atoms with E-state index in [-0.39, 0.29) is 5.91 Å². The van der Waals surface area contributed by atoms with Crippen molar-refractivity contribution in [2.75, 3.05) is 33.3 Å². The van der Waals surface area contributed by atoms with Crippen LogP contribution >= 0.6 is 0 Å². The lowest BCUT2D eigenvalue weighted by molar-refractivity contribution is 0.0722. The lowest BCUT2D eigenvalue weighted by Crippen LogP contribution is -2.36. The van der Waals surface area contributed by atoms with E-state index in [9.17, 15) is 4.79 Å². The summed E-state index contributed by atoms with van der Waals surface area (Å²) in [6, 6.07) is 7.89. The third kappa shape index (κ3) is 3.72. The number of nitrogens with one attached hydrogen (secondary N) is 1. The number of aromatic nitrogens is 2. The van der Waals surface area contributed by atoms with Gasteiger partial charge < -0.3 is 15.0 Å². The number of carbonyl (C=O) groups is 1. The van der Waals surface area contributed by atoms with Gasteiger partial charge in [0, 0.05) is 19.0 Å². The van der Waals surface area contributed by atoms with Gasteiger partial charge in [-0.1, -0.05) is 0 Å². The molecular weight excluding hydrogens is 340 g/mol. The highest BCUT2D eigenvalue weighted by Gasteiger charge is 2.29. The second-order valence-corrected chi connectivity index (χ2v) is 7.43. The third-order valence-corrected chi connectivity index (χ3v) is 5.72. The maximum absolute atomic E-state index is 13.2. The number of benzene rings is 1. The summed E-state index contributed by atoms with van der Waals surface area (Å²) in [7, 11) is 1.67. The second-order valence-electron chi connectivity index (χ2n) is 7.43. The number of carbonyl (C=O) groups excluding carboxylic acids is 1. The van der Waals surface area contributed by atoms with E-state index < -0.39 is 0 Å². The SMILES string of the molecule is COc1ccc(-n2ncc(C(=O)N3CCCCC3)c2C2CCNCC2)cc1. The molecule has 2 aromatic rings. The third-order valence-electron chi connectivity index (χ3n) is 5.72. The molecule has 0 radical (unpaired) electrons. The molecule has 6 heteroatoms. The number of hydrogen-bond acceptors (Lipinski definition) is 4. The van der Waals surface area contributed by atoms with E-state index in [4.69, 9.17) is 4.74 Å². The molecule has 0 atom stereocenters. The van der Waals surface area contributed by atoms with Crippen LogP contribution < -0.4 is 10.1 Å². The lowest BCUT2D eigenvalue weighted by atomic mass is 9.91. The first-order chi connectivity index (χ1) is 13.3. The van der Waals surface area contributed by atoms with Gasteiger partial charge in [0.2, 0.25) is 0 Å². The Kier molecular flexibility index (Phi) is 5.43. The van der Waals surface area contributed by atoms with E-state index >= 15 is 0 Å². The fourth-order valence-electron chi connectivity index (χ4n) is 4.21. The molecule has 1 aromatic carbocycles. The van der Waals surface area contributed by atoms with Crippen molar-refractivity contribution in [3.63, 3.8) is 0 Å². The molecular formula is C21H28N4O2. The molecule has 2 saturated heterocycles. The minimum absolute atomic E-state index is 0.142. The summed E-state index contributed by atoms with van der Waals surface area (Å²) >= 11 is 0. The molecule has 0 unspecified atom stereocenters. The number of rotatable bonds is 4. The Morgan fingerprint density at radius 1 is 1.11 bits per heavy atom. The topological polar surface area (TPSA) is 59.4 Å². The Morgan fingerprint density at radius 3 is 2.48 bits per heavy atom. The van der Waals surface area contributed by atoms with E-state index in [0.29, 0.717) is 5.92 Å². The van der Waals surface area contributed by atoms with Crippen molar-refractivity contribution in [2.45, 2.75) is 38.0 Å². The quantitative estimate of drug-likeness (QED) is 0.901. The number of ether oxygens (including phenoxy) is 1. The number of amides is 1. The van der Waals surface area contributed by atoms with Gasteiger partial charge in [-0.15, -0.1) is 0 Å². The molecule has 27 heavy (non-hydrogen) atoms. The molecule has 1 amide bonds. The van der Waals surface area contributed by atoms with E-state index in [0.717, 1.165) is 74.6 Å². The minimum atomic E-state index is 0.142. The van der Waals surface area contributed by atoms with Crippen LogP contribution in [0.4, 0.5) is 0 Å². The average Bonchev–Trinajstić information content (AvgIpc) is 3.19. The van der Waals surface area contributed by atoms with Gasteiger partial charge in [-0.3, -0.25) is 4.79 Å². The van der Waals surface area contributed by atoms with E-state index in [1.807, 2.05) is 33.8 Å². The fourth-order valence-corrected chi connectivity index (χ4v) is 4.21. The van der Waals surface area contributed by atoms with Crippen LogP contribution in [0.25, 0.3) is 5.69 Å². The molecule has 1 N–H and O–H groups in total. The summed E-state index contributed by atoms with van der Waals surface area (Å²) in [6.45, 7) is 3.68. The molecule has 0 saturated carbocycles. The molecule has 4 rings (SSSR count). The van der Waals surface area contributed by atoms with Gasteiger partial charge in [0.25, 0.3) is 5.91 Å². The van der Waals surface area contributed by atoms with Crippen LogP contribution in [0.15, 0.2) is 30.5 Å². The zero-order valence-electron chi connectivity index (χ0n) is 16.0. The zero-order chi connectivity index (χ0) is 18.6. The van der Waals surface area contributed by atoms with Crippen LogP contribution in [0.5, 0.6) is 5.75 Å². The van der Waals surface area contributed by atoms with E-state index in [1.54, 1.807) is 13.3 Å². The molecule has 2 aliphatic rings. The van der Waals surface area contributed by atoms with Gasteiger partial charge in [0.05, 0.1) is 30.3 Å². The van der Waals surface area contributed by atoms with Crippen molar-refractivity contribution in [3.8, 4) is 11.4 Å². The minimum Gasteiger partial charge on any atom is -0.497 e. The number of methoxy groups -OCH3 is 1. The predicted molar refractivity (Wildman–Crippen MR) is 105 cm³/mol. The number of piperidine rings is 2. The highest BCUT2D eigenvalue weighted by atomic mass is 16.5. The maximum atomic E-state index is 13.2. The highest BCUT2D eigenvalue weighted by molar-refractivity contribution is 5.95. The second kappa shape index (κ2) is 8.13. The van der Waals surface area contributed by atoms with Crippen LogP contribution in [0.1, 0.15) is 54.1 Å². The first kappa shape index (κ1) is 18.0. The summed E-state index contributed by atoms with van der Waals surface area (Å²) in [6.07, 6.45) is 7.25. The molecule has 0 bridgehead atoms. The smallest absolute Gasteiger partial charge is 0.257 e. The standard InChI is InChI=1S/C21H28N4O2/c1-27-18-7-5-17(6-8-18)25-20(16-9-11-22-12-10-16)19(15-23-25)21(26)24-13-3-2-4-14-24/h5-8,15-16,22H,2-4,9-14H2,1H3. The van der Waals surface area contributed by atoms with Gasteiger partial charge in [0.1, 0.15) is 5.75 Å². The van der Waals surface area contributed by atoms with Crippen LogP contribution in [-0.2, 0) is 0 Å². The van der Waals surface area contributed by atoms with Crippen LogP contribution in [0.3, 0.4) is 0 Å². The largest absolute Gasteiger partial charge is 0.497 e. The van der Waals surface area contributed by atoms with E-state index in [1.165, 1.54) is 6.42 Å². The molecule has 6 nitrogen and oxygen atoms in total. The Hall–Kier alpha value is -2.34. The molecule has 0 aliphatic carbocycles. The fraction of sp³-hybridized carbons (Fsp3) is 0.524. The number of nitrogens with zero attached hydrogens (tertiary/aromatic N) is 3. The molecule has 0 spiro atoms. The first-order valence-corrected chi connectivity index (χ1v) is 10.0. The summed E-state index contributed by atoms with van der Waals surface area (Å²) < 4.78 is 7.24. The van der Waals surface area contributed by atoms with Crippen molar-refractivity contribution < 1.29 is 9.53 Å². The van der Waals surface area contributed by atoms with Gasteiger partial charge in [0.15, 0.2) is 0 Å². The Labute approximate surface area is 160 Å². The molecule has 2 fully saturated rings. The van der Waals surface area contributed by atoms with E-state index in [2.05, 4.69) is 10.4 Å². The van der Waals surface area contributed by atoms with Crippen molar-refractivity contribution in [3.05, 3.63) is 41.7 Å². The lowest BCUT2D eigenvalue weighted by Gasteiger charge is -2.29. The van der Waals surface area contributed by atoms with Crippen LogP contribution in [-0.4, -0.2) is 53.9 Å². The van der Waals surface area contributed by atoms with Crippen LogP contribution in [0, 0.1) is 0 Å². The average molecular weight is 368 g/mol. The highest BCUT2D eigenvalue weighted by Crippen LogP contribution is 2.31. The van der Waals surface area contributed by atoms with Crippen molar-refractivity contribution in [2.24, 2.45) is 0 Å². The van der Waals surface area contributed by atoms with Crippen molar-refractivity contribution in [1.82, 2.24) is 20.0 Å². The van der Waals surface area contributed by atoms with Gasteiger partial charge in [-0.25, -0.2) is 4.68 Å². The summed E-state index contributed by atoms with van der Waals surface area (Å²) in [4.78, 5) is 15.2. The summed E-state index contributed by atoms with van der Waals surface area (Å²) in [5.74, 6) is 1.31. The zero-order valence-corrected chi connectivity index (χ0v) is 16.0. The van der Waals surface area contributed by atoms with Gasteiger partial charge in [-0.05, 0) is 69.5 Å². The van der Waals surface area contributed by atoms with Gasteiger partial charge >= 0.3 is 0 Å². The number of likely N-dealkylation sites (tertiary alicyclic amines) is 1. The normalized spacial score (nSPS) is 18.5. The molecule has 3 heterocycles. The monoisotopic (exact) mass is 368 g/mol.